The van der Waals surface area contributed by atoms with Crippen molar-refractivity contribution in [3.05, 3.63) is 64.1 Å². The predicted molar refractivity (Wildman–Crippen MR) is 77.1 cm³/mol. The van der Waals surface area contributed by atoms with E-state index in [0.29, 0.717) is 5.56 Å². The van der Waals surface area contributed by atoms with Gasteiger partial charge in [-0.2, -0.15) is 0 Å². The third-order valence-corrected chi connectivity index (χ3v) is 4.25. The van der Waals surface area contributed by atoms with Gasteiger partial charge in [0.2, 0.25) is 0 Å². The van der Waals surface area contributed by atoms with E-state index in [9.17, 15) is 4.79 Å². The van der Waals surface area contributed by atoms with Crippen LogP contribution in [-0.2, 0) is 5.75 Å². The molecule has 0 aliphatic carbocycles. The highest BCUT2D eigenvalue weighted by Crippen LogP contribution is 2.27. The van der Waals surface area contributed by atoms with Gasteiger partial charge in [0.05, 0.1) is 5.56 Å². The summed E-state index contributed by atoms with van der Waals surface area (Å²) in [6, 6.07) is 15.0. The average Bonchev–Trinajstić information content (AvgIpc) is 2.38. The molecule has 0 saturated heterocycles. The van der Waals surface area contributed by atoms with Crippen LogP contribution in [0.1, 0.15) is 15.9 Å². The third-order valence-electron chi connectivity index (χ3n) is 2.43. The Morgan fingerprint density at radius 3 is 2.67 bits per heavy atom. The van der Waals surface area contributed by atoms with Gasteiger partial charge >= 0.3 is 5.97 Å². The van der Waals surface area contributed by atoms with E-state index in [1.54, 1.807) is 30.0 Å². The number of hydrogen-bond acceptors (Lipinski definition) is 2. The monoisotopic (exact) mass is 322 g/mol. The molecule has 0 spiro atoms. The topological polar surface area (TPSA) is 37.3 Å². The highest BCUT2D eigenvalue weighted by Gasteiger charge is 2.04. The Kier molecular flexibility index (Phi) is 4.44. The SMILES string of the molecule is O=C(O)c1cccc(SCc2ccccc2Br)c1. The van der Waals surface area contributed by atoms with Crippen LogP contribution in [0, 0.1) is 0 Å². The second-order valence-corrected chi connectivity index (χ2v) is 5.62. The summed E-state index contributed by atoms with van der Waals surface area (Å²) in [5.74, 6) is -0.0804. The molecule has 0 fully saturated rings. The van der Waals surface area contributed by atoms with E-state index >= 15 is 0 Å². The molecule has 2 nitrogen and oxygen atoms in total. The minimum Gasteiger partial charge on any atom is -0.478 e. The van der Waals surface area contributed by atoms with E-state index < -0.39 is 5.97 Å². The van der Waals surface area contributed by atoms with Gasteiger partial charge in [0.25, 0.3) is 0 Å². The molecule has 4 heteroatoms. The van der Waals surface area contributed by atoms with Crippen LogP contribution in [0.2, 0.25) is 0 Å². The van der Waals surface area contributed by atoms with Crippen molar-refractivity contribution in [3.63, 3.8) is 0 Å². The second kappa shape index (κ2) is 6.07. The number of carboxylic acids is 1. The Morgan fingerprint density at radius 1 is 1.17 bits per heavy atom. The summed E-state index contributed by atoms with van der Waals surface area (Å²) in [5, 5.41) is 8.92. The molecule has 0 aliphatic heterocycles. The fraction of sp³-hybridized carbons (Fsp3) is 0.0714. The fourth-order valence-electron chi connectivity index (χ4n) is 1.50. The normalized spacial score (nSPS) is 10.3. The number of thioether (sulfide) groups is 1. The van der Waals surface area contributed by atoms with E-state index in [0.717, 1.165) is 15.1 Å². The molecule has 0 amide bonds. The van der Waals surface area contributed by atoms with Crippen LogP contribution in [0.25, 0.3) is 0 Å². The van der Waals surface area contributed by atoms with Crippen LogP contribution in [0.4, 0.5) is 0 Å². The minimum atomic E-state index is -0.890. The zero-order chi connectivity index (χ0) is 13.0. The molecule has 2 aromatic rings. The zero-order valence-corrected chi connectivity index (χ0v) is 11.9. The molecule has 0 saturated carbocycles. The fourth-order valence-corrected chi connectivity index (χ4v) is 3.06. The van der Waals surface area contributed by atoms with Crippen LogP contribution in [0.3, 0.4) is 0 Å². The van der Waals surface area contributed by atoms with Crippen LogP contribution >= 0.6 is 27.7 Å². The highest BCUT2D eigenvalue weighted by atomic mass is 79.9. The first-order chi connectivity index (χ1) is 8.66. The summed E-state index contributed by atoms with van der Waals surface area (Å²) >= 11 is 5.13. The van der Waals surface area contributed by atoms with Crippen LogP contribution < -0.4 is 0 Å². The molecule has 0 atom stereocenters. The molecular formula is C14H11BrO2S. The van der Waals surface area contributed by atoms with Crippen molar-refractivity contribution in [3.8, 4) is 0 Å². The van der Waals surface area contributed by atoms with E-state index in [1.807, 2.05) is 24.3 Å². The Hall–Kier alpha value is -1.26. The van der Waals surface area contributed by atoms with Crippen LogP contribution in [0.5, 0.6) is 0 Å². The molecule has 1 N–H and O–H groups in total. The maximum absolute atomic E-state index is 10.9. The third kappa shape index (κ3) is 3.37. The van der Waals surface area contributed by atoms with Gasteiger partial charge in [0.1, 0.15) is 0 Å². The molecule has 92 valence electrons. The van der Waals surface area contributed by atoms with E-state index in [2.05, 4.69) is 22.0 Å². The van der Waals surface area contributed by atoms with Gasteiger partial charge in [-0.15, -0.1) is 11.8 Å². The first kappa shape index (κ1) is 13.2. The maximum Gasteiger partial charge on any atom is 0.335 e. The van der Waals surface area contributed by atoms with Crippen molar-refractivity contribution >= 4 is 33.7 Å². The van der Waals surface area contributed by atoms with Gasteiger partial charge in [0, 0.05) is 15.1 Å². The van der Waals surface area contributed by atoms with Crippen molar-refractivity contribution in [2.75, 3.05) is 0 Å². The van der Waals surface area contributed by atoms with Crippen molar-refractivity contribution in [1.29, 1.82) is 0 Å². The number of hydrogen-bond donors (Lipinski definition) is 1. The molecule has 18 heavy (non-hydrogen) atoms. The van der Waals surface area contributed by atoms with Gasteiger partial charge < -0.3 is 5.11 Å². The summed E-state index contributed by atoms with van der Waals surface area (Å²) < 4.78 is 1.08. The number of carboxylic acid groups (broad SMARTS) is 1. The molecule has 0 heterocycles. The van der Waals surface area contributed by atoms with Crippen molar-refractivity contribution in [2.45, 2.75) is 10.6 Å². The van der Waals surface area contributed by atoms with E-state index in [-0.39, 0.29) is 0 Å². The lowest BCUT2D eigenvalue weighted by Crippen LogP contribution is -1.95. The van der Waals surface area contributed by atoms with Gasteiger partial charge in [0.15, 0.2) is 0 Å². The Bertz CT molecular complexity index is 569. The number of halogens is 1. The van der Waals surface area contributed by atoms with Gasteiger partial charge in [-0.05, 0) is 29.8 Å². The number of aromatic carboxylic acids is 1. The quantitative estimate of drug-likeness (QED) is 0.845. The molecule has 0 radical (unpaired) electrons. The first-order valence-electron chi connectivity index (χ1n) is 5.36. The lowest BCUT2D eigenvalue weighted by Gasteiger charge is -2.05. The summed E-state index contributed by atoms with van der Waals surface area (Å²) in [4.78, 5) is 11.8. The van der Waals surface area contributed by atoms with Crippen LogP contribution in [-0.4, -0.2) is 11.1 Å². The van der Waals surface area contributed by atoms with Crippen molar-refractivity contribution < 1.29 is 9.90 Å². The number of carbonyl (C=O) groups is 1. The second-order valence-electron chi connectivity index (χ2n) is 3.71. The highest BCUT2D eigenvalue weighted by molar-refractivity contribution is 9.10. The predicted octanol–water partition coefficient (Wildman–Crippen LogP) is 4.44. The lowest BCUT2D eigenvalue weighted by atomic mass is 10.2. The molecule has 0 aliphatic rings. The average molecular weight is 323 g/mol. The lowest BCUT2D eigenvalue weighted by molar-refractivity contribution is 0.0696. The Morgan fingerprint density at radius 2 is 1.94 bits per heavy atom. The first-order valence-corrected chi connectivity index (χ1v) is 7.14. The summed E-state index contributed by atoms with van der Waals surface area (Å²) in [6.07, 6.45) is 0. The largest absolute Gasteiger partial charge is 0.478 e. The van der Waals surface area contributed by atoms with Gasteiger partial charge in [-0.3, -0.25) is 0 Å². The van der Waals surface area contributed by atoms with E-state index in [1.165, 1.54) is 5.56 Å². The van der Waals surface area contributed by atoms with Gasteiger partial charge in [-0.25, -0.2) is 4.79 Å². The van der Waals surface area contributed by atoms with Crippen LogP contribution in [0.15, 0.2) is 57.9 Å². The molecule has 0 unspecified atom stereocenters. The maximum atomic E-state index is 10.9. The smallest absolute Gasteiger partial charge is 0.335 e. The molecular weight excluding hydrogens is 312 g/mol. The van der Waals surface area contributed by atoms with Crippen molar-refractivity contribution in [1.82, 2.24) is 0 Å². The summed E-state index contributed by atoms with van der Waals surface area (Å²) in [7, 11) is 0. The molecule has 2 aromatic carbocycles. The standard InChI is InChI=1S/C14H11BrO2S/c15-13-7-2-1-4-11(13)9-18-12-6-3-5-10(8-12)14(16)17/h1-8H,9H2,(H,16,17). The molecule has 2 rings (SSSR count). The summed E-state index contributed by atoms with van der Waals surface area (Å²) in [5.41, 5.74) is 1.52. The molecule has 0 aromatic heterocycles. The van der Waals surface area contributed by atoms with Gasteiger partial charge in [-0.1, -0.05) is 40.2 Å². The van der Waals surface area contributed by atoms with E-state index in [4.69, 9.17) is 5.11 Å². The Balaban J connectivity index is 2.09. The summed E-state index contributed by atoms with van der Waals surface area (Å²) in [6.45, 7) is 0. The number of rotatable bonds is 4. The Labute approximate surface area is 118 Å². The minimum absolute atomic E-state index is 0.326. The zero-order valence-electron chi connectivity index (χ0n) is 9.47. The number of benzene rings is 2. The van der Waals surface area contributed by atoms with Crippen molar-refractivity contribution in [2.24, 2.45) is 0 Å². The molecule has 0 bridgehead atoms.